The predicted molar refractivity (Wildman–Crippen MR) is 80.9 cm³/mol. The van der Waals surface area contributed by atoms with Crippen LogP contribution in [0.1, 0.15) is 11.1 Å². The summed E-state index contributed by atoms with van der Waals surface area (Å²) in [6.45, 7) is 0. The molecule has 2 heterocycles. The van der Waals surface area contributed by atoms with E-state index >= 15 is 0 Å². The van der Waals surface area contributed by atoms with Crippen LogP contribution in [0.5, 0.6) is 0 Å². The number of rotatable bonds is 3. The standard InChI is InChI=1S/C14H14N4O3S/c1-21-13(20)10-7-8-5-3-4-6-9(8)14(22-2)11(16-17-15)12(19)18(10)14/h3-6,10-11H,7H2,1-2H3. The van der Waals surface area contributed by atoms with Crippen molar-refractivity contribution in [1.29, 1.82) is 0 Å². The van der Waals surface area contributed by atoms with E-state index in [-0.39, 0.29) is 5.91 Å². The molecule has 2 aliphatic rings. The van der Waals surface area contributed by atoms with Crippen molar-refractivity contribution in [3.05, 3.63) is 45.8 Å². The van der Waals surface area contributed by atoms with Crippen molar-refractivity contribution < 1.29 is 14.3 Å². The van der Waals surface area contributed by atoms with E-state index in [1.807, 2.05) is 30.5 Å². The first-order chi connectivity index (χ1) is 10.6. The maximum atomic E-state index is 12.4. The predicted octanol–water partition coefficient (Wildman–Crippen LogP) is 1.82. The minimum absolute atomic E-state index is 0.336. The third kappa shape index (κ3) is 1.68. The van der Waals surface area contributed by atoms with E-state index in [2.05, 4.69) is 10.0 Å². The van der Waals surface area contributed by atoms with Gasteiger partial charge in [0.25, 0.3) is 0 Å². The minimum Gasteiger partial charge on any atom is -0.467 e. The van der Waals surface area contributed by atoms with E-state index in [9.17, 15) is 9.59 Å². The van der Waals surface area contributed by atoms with Crippen LogP contribution in [0, 0.1) is 0 Å². The topological polar surface area (TPSA) is 95.4 Å². The van der Waals surface area contributed by atoms with Gasteiger partial charge in [0.05, 0.1) is 7.11 Å². The molecule has 0 radical (unpaired) electrons. The second-order valence-corrected chi connectivity index (χ2v) is 6.15. The van der Waals surface area contributed by atoms with Crippen LogP contribution in [-0.4, -0.2) is 42.2 Å². The van der Waals surface area contributed by atoms with Crippen LogP contribution in [0.4, 0.5) is 0 Å². The Morgan fingerprint density at radius 1 is 1.55 bits per heavy atom. The molecule has 1 amide bonds. The molecular weight excluding hydrogens is 304 g/mol. The molecule has 1 saturated heterocycles. The van der Waals surface area contributed by atoms with Gasteiger partial charge in [-0.25, -0.2) is 4.79 Å². The smallest absolute Gasteiger partial charge is 0.328 e. The number of carbonyl (C=O) groups is 2. The molecule has 1 aromatic rings. The number of hydrogen-bond donors (Lipinski definition) is 0. The Morgan fingerprint density at radius 2 is 2.27 bits per heavy atom. The Kier molecular flexibility index (Phi) is 3.50. The van der Waals surface area contributed by atoms with Crippen molar-refractivity contribution in [2.24, 2.45) is 5.11 Å². The average molecular weight is 318 g/mol. The lowest BCUT2D eigenvalue weighted by molar-refractivity contribution is -0.170. The summed E-state index contributed by atoms with van der Waals surface area (Å²) in [6.07, 6.45) is 2.25. The second-order valence-electron chi connectivity index (χ2n) is 5.12. The normalized spacial score (nSPS) is 28.8. The fraction of sp³-hybridized carbons (Fsp3) is 0.429. The Bertz CT molecular complexity index is 703. The summed E-state index contributed by atoms with van der Waals surface area (Å²) in [6, 6.07) is 6.07. The van der Waals surface area contributed by atoms with Gasteiger partial charge in [-0.2, -0.15) is 0 Å². The molecule has 3 atom stereocenters. The van der Waals surface area contributed by atoms with E-state index in [1.165, 1.54) is 23.8 Å². The third-order valence-corrected chi connectivity index (χ3v) is 5.54. The summed E-state index contributed by atoms with van der Waals surface area (Å²) in [5.74, 6) is -0.794. The van der Waals surface area contributed by atoms with Gasteiger partial charge in [0.15, 0.2) is 6.04 Å². The number of carbonyl (C=O) groups excluding carboxylic acids is 2. The van der Waals surface area contributed by atoms with Gasteiger partial charge in [-0.3, -0.25) is 4.79 Å². The van der Waals surface area contributed by atoms with Crippen molar-refractivity contribution in [3.8, 4) is 0 Å². The largest absolute Gasteiger partial charge is 0.467 e. The first-order valence-corrected chi connectivity index (χ1v) is 7.93. The number of esters is 1. The summed E-state index contributed by atoms with van der Waals surface area (Å²) in [5, 5.41) is 3.67. The number of ether oxygens (including phenoxy) is 1. The van der Waals surface area contributed by atoms with Gasteiger partial charge in [-0.05, 0) is 22.9 Å². The zero-order valence-electron chi connectivity index (χ0n) is 12.1. The number of fused-ring (bicyclic) bond motifs is 3. The number of amides is 1. The SMILES string of the molecule is COC(=O)C1Cc2ccccc2C2(SC)C(N=[N+]=[N-])C(=O)N12. The Labute approximate surface area is 131 Å². The molecule has 0 aliphatic carbocycles. The van der Waals surface area contributed by atoms with Gasteiger partial charge < -0.3 is 9.64 Å². The lowest BCUT2D eigenvalue weighted by atomic mass is 9.77. The van der Waals surface area contributed by atoms with Crippen LogP contribution >= 0.6 is 11.8 Å². The first kappa shape index (κ1) is 14.7. The van der Waals surface area contributed by atoms with Gasteiger partial charge >= 0.3 is 5.97 Å². The fourth-order valence-electron chi connectivity index (χ4n) is 3.36. The quantitative estimate of drug-likeness (QED) is 0.279. The molecule has 0 N–H and O–H groups in total. The molecule has 0 bridgehead atoms. The van der Waals surface area contributed by atoms with Crippen LogP contribution in [0.25, 0.3) is 10.4 Å². The highest BCUT2D eigenvalue weighted by atomic mass is 32.2. The molecule has 7 nitrogen and oxygen atoms in total. The van der Waals surface area contributed by atoms with E-state index < -0.39 is 22.9 Å². The second kappa shape index (κ2) is 5.23. The lowest BCUT2D eigenvalue weighted by Crippen LogP contribution is -2.75. The summed E-state index contributed by atoms with van der Waals surface area (Å²) in [7, 11) is 1.30. The first-order valence-electron chi connectivity index (χ1n) is 6.70. The molecular formula is C14H14N4O3S. The van der Waals surface area contributed by atoms with Gasteiger partial charge in [0.1, 0.15) is 10.9 Å². The van der Waals surface area contributed by atoms with E-state index in [0.29, 0.717) is 6.42 Å². The highest BCUT2D eigenvalue weighted by Gasteiger charge is 2.66. The van der Waals surface area contributed by atoms with Crippen LogP contribution in [-0.2, 0) is 25.6 Å². The lowest BCUT2D eigenvalue weighted by Gasteiger charge is -2.60. The van der Waals surface area contributed by atoms with Crippen molar-refractivity contribution in [2.75, 3.05) is 13.4 Å². The zero-order chi connectivity index (χ0) is 15.9. The van der Waals surface area contributed by atoms with Gasteiger partial charge in [-0.1, -0.05) is 29.4 Å². The van der Waals surface area contributed by atoms with Crippen molar-refractivity contribution in [3.63, 3.8) is 0 Å². The molecule has 0 saturated carbocycles. The maximum Gasteiger partial charge on any atom is 0.328 e. The highest BCUT2D eigenvalue weighted by molar-refractivity contribution is 7.99. The minimum atomic E-state index is -0.846. The van der Waals surface area contributed by atoms with E-state index in [0.717, 1.165) is 11.1 Å². The number of β-lactam (4-membered cyclic amide) rings is 1. The maximum absolute atomic E-state index is 12.4. The molecule has 3 rings (SSSR count). The zero-order valence-corrected chi connectivity index (χ0v) is 12.9. The van der Waals surface area contributed by atoms with Crippen LogP contribution < -0.4 is 0 Å². The number of thioether (sulfide) groups is 1. The Morgan fingerprint density at radius 3 is 2.91 bits per heavy atom. The molecule has 0 aromatic heterocycles. The Balaban J connectivity index is 2.20. The Hall–Kier alpha value is -2.18. The number of azide groups is 1. The molecule has 22 heavy (non-hydrogen) atoms. The monoisotopic (exact) mass is 318 g/mol. The van der Waals surface area contributed by atoms with Gasteiger partial charge in [0, 0.05) is 11.3 Å². The number of methoxy groups -OCH3 is 1. The highest BCUT2D eigenvalue weighted by Crippen LogP contribution is 2.55. The van der Waals surface area contributed by atoms with Gasteiger partial charge in [-0.15, -0.1) is 11.8 Å². The van der Waals surface area contributed by atoms with Crippen LogP contribution in [0.2, 0.25) is 0 Å². The summed E-state index contributed by atoms with van der Waals surface area (Å²) >= 11 is 1.40. The van der Waals surface area contributed by atoms with Crippen molar-refractivity contribution >= 4 is 23.6 Å². The fourth-order valence-corrected chi connectivity index (χ4v) is 4.57. The molecule has 1 aromatic carbocycles. The van der Waals surface area contributed by atoms with Crippen molar-refractivity contribution in [2.45, 2.75) is 23.4 Å². The molecule has 0 spiro atoms. The molecule has 3 unspecified atom stereocenters. The van der Waals surface area contributed by atoms with Crippen molar-refractivity contribution in [1.82, 2.24) is 4.90 Å². The van der Waals surface area contributed by atoms with Crippen LogP contribution in [0.15, 0.2) is 29.4 Å². The van der Waals surface area contributed by atoms with Gasteiger partial charge in [0.2, 0.25) is 5.91 Å². The number of hydrogen-bond acceptors (Lipinski definition) is 5. The third-order valence-electron chi connectivity index (χ3n) is 4.28. The molecule has 114 valence electrons. The number of nitrogens with zero attached hydrogens (tertiary/aromatic N) is 4. The molecule has 8 heteroatoms. The average Bonchev–Trinajstić information content (AvgIpc) is 2.56. The van der Waals surface area contributed by atoms with Crippen LogP contribution in [0.3, 0.4) is 0 Å². The summed E-state index contributed by atoms with van der Waals surface area (Å²) < 4.78 is 4.84. The molecule has 2 aliphatic heterocycles. The van der Waals surface area contributed by atoms with E-state index in [1.54, 1.807) is 0 Å². The number of benzene rings is 1. The molecule has 1 fully saturated rings. The van der Waals surface area contributed by atoms with E-state index in [4.69, 9.17) is 10.3 Å². The summed E-state index contributed by atoms with van der Waals surface area (Å²) in [5.41, 5.74) is 10.7. The summed E-state index contributed by atoms with van der Waals surface area (Å²) in [4.78, 5) is 28.0.